The molecule has 2 N–H and O–H groups in total. The molecule has 1 fully saturated rings. The van der Waals surface area contributed by atoms with Gasteiger partial charge in [0.15, 0.2) is 0 Å². The van der Waals surface area contributed by atoms with E-state index < -0.39 is 0 Å². The van der Waals surface area contributed by atoms with Gasteiger partial charge in [-0.3, -0.25) is 0 Å². The highest BCUT2D eigenvalue weighted by Gasteiger charge is 2.21. The summed E-state index contributed by atoms with van der Waals surface area (Å²) in [6.07, 6.45) is 7.95. The molecule has 0 spiro atoms. The highest BCUT2D eigenvalue weighted by Crippen LogP contribution is 2.37. The number of benzene rings is 1. The Kier molecular flexibility index (Phi) is 6.09. The smallest absolute Gasteiger partial charge is 0.223 e. The zero-order valence-corrected chi connectivity index (χ0v) is 17.7. The molecule has 2 aromatic heterocycles. The maximum absolute atomic E-state index is 5.61. The Bertz CT molecular complexity index is 1040. The number of imidazole rings is 1. The molecule has 3 aromatic rings. The quantitative estimate of drug-likeness (QED) is 0.647. The van der Waals surface area contributed by atoms with Gasteiger partial charge < -0.3 is 19.9 Å². The van der Waals surface area contributed by atoms with Gasteiger partial charge in [-0.25, -0.2) is 15.0 Å². The second-order valence-electron chi connectivity index (χ2n) is 7.34. The highest BCUT2D eigenvalue weighted by atomic mass is 16.5. The van der Waals surface area contributed by atoms with E-state index in [4.69, 9.17) is 14.7 Å². The zero-order chi connectivity index (χ0) is 20.9. The number of hydrogen-bond acceptors (Lipinski definition) is 6. The lowest BCUT2D eigenvalue weighted by Crippen LogP contribution is -2.35. The third kappa shape index (κ3) is 4.07. The number of nitrogens with one attached hydrogen (secondary N) is 2. The summed E-state index contributed by atoms with van der Waals surface area (Å²) in [6.45, 7) is 6.03. The molecule has 0 radical (unpaired) electrons. The number of piperidine rings is 1. The summed E-state index contributed by atoms with van der Waals surface area (Å²) in [5.74, 6) is 2.32. The monoisotopic (exact) mass is 404 g/mol. The number of allylic oxidation sites excluding steroid dienone is 1. The summed E-state index contributed by atoms with van der Waals surface area (Å²) in [5, 5.41) is 6.88. The van der Waals surface area contributed by atoms with Crippen LogP contribution in [0.2, 0.25) is 0 Å². The second kappa shape index (κ2) is 9.09. The Morgan fingerprint density at radius 2 is 1.97 bits per heavy atom. The first kappa shape index (κ1) is 20.1. The number of rotatable bonds is 6. The predicted molar refractivity (Wildman–Crippen MR) is 120 cm³/mol. The molecule has 1 aliphatic rings. The van der Waals surface area contributed by atoms with Crippen LogP contribution in [0.25, 0.3) is 28.8 Å². The number of aryl methyl sites for hydroxylation is 1. The van der Waals surface area contributed by atoms with Gasteiger partial charge in [0.1, 0.15) is 17.3 Å². The van der Waals surface area contributed by atoms with Gasteiger partial charge in [0.25, 0.3) is 0 Å². The van der Waals surface area contributed by atoms with Gasteiger partial charge in [0, 0.05) is 24.0 Å². The average Bonchev–Trinajstić information content (AvgIpc) is 3.11. The Morgan fingerprint density at radius 1 is 1.17 bits per heavy atom. The van der Waals surface area contributed by atoms with Crippen molar-refractivity contribution in [3.05, 3.63) is 48.4 Å². The van der Waals surface area contributed by atoms with Gasteiger partial charge in [-0.2, -0.15) is 0 Å². The van der Waals surface area contributed by atoms with Crippen LogP contribution in [0.15, 0.2) is 42.6 Å². The van der Waals surface area contributed by atoms with Crippen molar-refractivity contribution in [2.75, 3.05) is 25.5 Å². The second-order valence-corrected chi connectivity index (χ2v) is 7.34. The van der Waals surface area contributed by atoms with E-state index in [0.717, 1.165) is 60.2 Å². The van der Waals surface area contributed by atoms with Crippen molar-refractivity contribution in [1.82, 2.24) is 24.8 Å². The van der Waals surface area contributed by atoms with Gasteiger partial charge >= 0.3 is 0 Å². The van der Waals surface area contributed by atoms with Crippen LogP contribution in [0.1, 0.15) is 25.6 Å². The summed E-state index contributed by atoms with van der Waals surface area (Å²) in [5.41, 5.74) is 3.52. The molecule has 7 heteroatoms. The summed E-state index contributed by atoms with van der Waals surface area (Å²) in [6, 6.07) is 10.3. The number of ether oxygens (including phenoxy) is 1. The Morgan fingerprint density at radius 3 is 2.73 bits per heavy atom. The summed E-state index contributed by atoms with van der Waals surface area (Å²) in [7, 11) is 1.68. The number of methoxy groups -OCH3 is 1. The minimum Gasteiger partial charge on any atom is -0.496 e. The third-order valence-electron chi connectivity index (χ3n) is 5.32. The zero-order valence-electron chi connectivity index (χ0n) is 17.7. The molecule has 3 heterocycles. The topological polar surface area (TPSA) is 76.9 Å². The van der Waals surface area contributed by atoms with E-state index in [-0.39, 0.29) is 0 Å². The van der Waals surface area contributed by atoms with Crippen LogP contribution in [0.3, 0.4) is 0 Å². The lowest BCUT2D eigenvalue weighted by atomic mass is 10.1. The van der Waals surface area contributed by atoms with Crippen molar-refractivity contribution >= 4 is 12.1 Å². The Labute approximate surface area is 177 Å². The van der Waals surface area contributed by atoms with Crippen LogP contribution in [-0.4, -0.2) is 45.8 Å². The molecule has 156 valence electrons. The fourth-order valence-electron chi connectivity index (χ4n) is 3.86. The van der Waals surface area contributed by atoms with Crippen molar-refractivity contribution < 1.29 is 4.74 Å². The molecule has 7 nitrogen and oxygen atoms in total. The van der Waals surface area contributed by atoms with Gasteiger partial charge in [-0.05, 0) is 58.0 Å². The molecule has 0 amide bonds. The summed E-state index contributed by atoms with van der Waals surface area (Å²) >= 11 is 0. The maximum atomic E-state index is 5.61. The molecular formula is C23H28N6O. The molecule has 1 aromatic carbocycles. The Balaban J connectivity index is 1.80. The molecule has 0 aliphatic carbocycles. The van der Waals surface area contributed by atoms with Gasteiger partial charge in [0.2, 0.25) is 5.95 Å². The van der Waals surface area contributed by atoms with Gasteiger partial charge in [-0.15, -0.1) is 0 Å². The fraction of sp³-hybridized carbons (Fsp3) is 0.348. The van der Waals surface area contributed by atoms with Crippen LogP contribution < -0.4 is 15.4 Å². The number of aromatic nitrogens is 4. The fourth-order valence-corrected chi connectivity index (χ4v) is 3.86. The van der Waals surface area contributed by atoms with Crippen molar-refractivity contribution in [3.63, 3.8) is 0 Å². The summed E-state index contributed by atoms with van der Waals surface area (Å²) < 4.78 is 7.67. The molecule has 0 saturated carbocycles. The van der Waals surface area contributed by atoms with E-state index in [1.54, 1.807) is 13.3 Å². The first-order valence-corrected chi connectivity index (χ1v) is 10.4. The first-order chi connectivity index (χ1) is 14.7. The van der Waals surface area contributed by atoms with Crippen molar-refractivity contribution in [3.8, 4) is 28.4 Å². The molecule has 1 saturated heterocycles. The largest absolute Gasteiger partial charge is 0.496 e. The standard InChI is InChI=1S/C23H28N6O/c1-4-15-29-16(2)26-21(18-7-5-6-8-20(18)30-3)22(29)19-11-14-25-23(28-19)27-17-9-12-24-13-10-17/h4-8,11,14-15,17,24H,9-10,12-13H2,1-3H3,(H,25,27,28)/b15-4-. The minimum absolute atomic E-state index is 0.386. The van der Waals surface area contributed by atoms with E-state index in [1.807, 2.05) is 56.5 Å². The normalized spacial score (nSPS) is 14.9. The van der Waals surface area contributed by atoms with Crippen LogP contribution >= 0.6 is 0 Å². The molecule has 0 atom stereocenters. The lowest BCUT2D eigenvalue weighted by Gasteiger charge is -2.23. The van der Waals surface area contributed by atoms with Crippen LogP contribution in [0, 0.1) is 6.92 Å². The molecule has 0 unspecified atom stereocenters. The molecular weight excluding hydrogens is 376 g/mol. The summed E-state index contributed by atoms with van der Waals surface area (Å²) in [4.78, 5) is 14.2. The van der Waals surface area contributed by atoms with Gasteiger partial charge in [-0.1, -0.05) is 18.2 Å². The molecule has 1 aliphatic heterocycles. The van der Waals surface area contributed by atoms with Crippen LogP contribution in [0.5, 0.6) is 5.75 Å². The highest BCUT2D eigenvalue weighted by molar-refractivity contribution is 5.82. The third-order valence-corrected chi connectivity index (χ3v) is 5.32. The number of nitrogens with zero attached hydrogens (tertiary/aromatic N) is 4. The molecule has 30 heavy (non-hydrogen) atoms. The van der Waals surface area contributed by atoms with Crippen LogP contribution in [0.4, 0.5) is 5.95 Å². The Hall–Kier alpha value is -3.19. The van der Waals surface area contributed by atoms with Crippen molar-refractivity contribution in [2.24, 2.45) is 0 Å². The average molecular weight is 405 g/mol. The van der Waals surface area contributed by atoms with Crippen molar-refractivity contribution in [1.29, 1.82) is 0 Å². The van der Waals surface area contributed by atoms with Crippen molar-refractivity contribution in [2.45, 2.75) is 32.7 Å². The SMILES string of the molecule is C/C=C\n1c(C)nc(-c2ccccc2OC)c1-c1ccnc(NC2CCNCC2)n1. The molecule has 4 rings (SSSR count). The van der Waals surface area contributed by atoms with Gasteiger partial charge in [0.05, 0.1) is 18.5 Å². The van der Waals surface area contributed by atoms with E-state index in [2.05, 4.69) is 20.2 Å². The van der Waals surface area contributed by atoms with Crippen LogP contribution in [-0.2, 0) is 0 Å². The van der Waals surface area contributed by atoms with E-state index in [1.165, 1.54) is 0 Å². The minimum atomic E-state index is 0.386. The van der Waals surface area contributed by atoms with E-state index in [9.17, 15) is 0 Å². The first-order valence-electron chi connectivity index (χ1n) is 10.4. The van der Waals surface area contributed by atoms with E-state index in [0.29, 0.717) is 12.0 Å². The lowest BCUT2D eigenvalue weighted by molar-refractivity contribution is 0.416. The predicted octanol–water partition coefficient (Wildman–Crippen LogP) is 3.98. The molecule has 0 bridgehead atoms. The maximum Gasteiger partial charge on any atom is 0.223 e. The number of para-hydroxylation sites is 1. The number of hydrogen-bond donors (Lipinski definition) is 2. The van der Waals surface area contributed by atoms with E-state index >= 15 is 0 Å². The number of anilines is 1.